The minimum Gasteiger partial charge on any atom is -0.409 e. The molecule has 0 saturated carbocycles. The SMILES string of the molecule is N/C(=N/O)c1ncccc1Sc1ccc(C(F)(F)F)cn1. The van der Waals surface area contributed by atoms with Crippen LogP contribution in [-0.4, -0.2) is 21.0 Å². The van der Waals surface area contributed by atoms with Gasteiger partial charge in [0.15, 0.2) is 5.84 Å². The maximum absolute atomic E-state index is 12.4. The summed E-state index contributed by atoms with van der Waals surface area (Å²) in [5.74, 6) is -0.190. The molecule has 5 nitrogen and oxygen atoms in total. The quantitative estimate of drug-likeness (QED) is 0.394. The molecule has 9 heteroatoms. The van der Waals surface area contributed by atoms with Crippen LogP contribution < -0.4 is 5.73 Å². The van der Waals surface area contributed by atoms with Crippen molar-refractivity contribution >= 4 is 17.6 Å². The van der Waals surface area contributed by atoms with Crippen LogP contribution in [0.25, 0.3) is 0 Å². The third kappa shape index (κ3) is 3.63. The molecule has 0 spiro atoms. The van der Waals surface area contributed by atoms with Crippen LogP contribution in [0.2, 0.25) is 0 Å². The molecule has 0 radical (unpaired) electrons. The largest absolute Gasteiger partial charge is 0.417 e. The second-order valence-corrected chi connectivity index (χ2v) is 4.88. The lowest BCUT2D eigenvalue weighted by Gasteiger charge is -2.08. The molecule has 110 valence electrons. The first-order valence-electron chi connectivity index (χ1n) is 5.56. The van der Waals surface area contributed by atoms with Crippen molar-refractivity contribution in [2.75, 3.05) is 0 Å². The first-order chi connectivity index (χ1) is 9.91. The van der Waals surface area contributed by atoms with Gasteiger partial charge in [0.2, 0.25) is 0 Å². The summed E-state index contributed by atoms with van der Waals surface area (Å²) in [5.41, 5.74) is 4.89. The monoisotopic (exact) mass is 314 g/mol. The molecule has 0 unspecified atom stereocenters. The predicted molar refractivity (Wildman–Crippen MR) is 70.1 cm³/mol. The summed E-state index contributed by atoms with van der Waals surface area (Å²) in [6.07, 6.45) is -2.22. The van der Waals surface area contributed by atoms with Gasteiger partial charge in [-0.2, -0.15) is 13.2 Å². The van der Waals surface area contributed by atoms with Gasteiger partial charge in [-0.1, -0.05) is 16.9 Å². The zero-order valence-electron chi connectivity index (χ0n) is 10.4. The summed E-state index contributed by atoms with van der Waals surface area (Å²) >= 11 is 1.06. The van der Waals surface area contributed by atoms with E-state index in [1.807, 2.05) is 0 Å². The second kappa shape index (κ2) is 6.00. The normalized spacial score (nSPS) is 12.4. The molecule has 2 aromatic rings. The molecule has 0 amide bonds. The Morgan fingerprint density at radius 3 is 2.57 bits per heavy atom. The van der Waals surface area contributed by atoms with Gasteiger partial charge >= 0.3 is 6.18 Å². The van der Waals surface area contributed by atoms with E-state index in [2.05, 4.69) is 15.1 Å². The van der Waals surface area contributed by atoms with Crippen molar-refractivity contribution < 1.29 is 18.4 Å². The summed E-state index contributed by atoms with van der Waals surface area (Å²) in [6, 6.07) is 5.45. The fourth-order valence-electron chi connectivity index (χ4n) is 1.43. The average Bonchev–Trinajstić information content (AvgIpc) is 2.46. The highest BCUT2D eigenvalue weighted by molar-refractivity contribution is 7.99. The summed E-state index contributed by atoms with van der Waals surface area (Å²) in [6.45, 7) is 0. The first-order valence-corrected chi connectivity index (χ1v) is 6.37. The van der Waals surface area contributed by atoms with Crippen molar-refractivity contribution in [3.8, 4) is 0 Å². The molecule has 0 atom stereocenters. The highest BCUT2D eigenvalue weighted by Crippen LogP contribution is 2.32. The van der Waals surface area contributed by atoms with Gasteiger partial charge in [0.25, 0.3) is 0 Å². The summed E-state index contributed by atoms with van der Waals surface area (Å²) < 4.78 is 37.3. The smallest absolute Gasteiger partial charge is 0.409 e. The topological polar surface area (TPSA) is 84.4 Å². The number of alkyl halides is 3. The molecule has 2 rings (SSSR count). The van der Waals surface area contributed by atoms with Gasteiger partial charge in [0, 0.05) is 17.3 Å². The van der Waals surface area contributed by atoms with Crippen molar-refractivity contribution in [2.24, 2.45) is 10.9 Å². The van der Waals surface area contributed by atoms with E-state index >= 15 is 0 Å². The van der Waals surface area contributed by atoms with Crippen LogP contribution in [0, 0.1) is 0 Å². The molecule has 2 heterocycles. The molecule has 2 aromatic heterocycles. The van der Waals surface area contributed by atoms with E-state index in [-0.39, 0.29) is 11.5 Å². The van der Waals surface area contributed by atoms with Gasteiger partial charge in [0.1, 0.15) is 10.7 Å². The molecule has 21 heavy (non-hydrogen) atoms. The van der Waals surface area contributed by atoms with E-state index in [0.717, 1.165) is 24.0 Å². The molecule has 0 aliphatic carbocycles. The second-order valence-electron chi connectivity index (χ2n) is 3.82. The van der Waals surface area contributed by atoms with Crippen molar-refractivity contribution in [2.45, 2.75) is 16.1 Å². The lowest BCUT2D eigenvalue weighted by Crippen LogP contribution is -2.16. The first kappa shape index (κ1) is 15.1. The molecule has 0 fully saturated rings. The molecule has 3 N–H and O–H groups in total. The number of hydrogen-bond donors (Lipinski definition) is 2. The Balaban J connectivity index is 2.27. The number of amidine groups is 1. The number of nitrogens with zero attached hydrogens (tertiary/aromatic N) is 3. The van der Waals surface area contributed by atoms with E-state index in [9.17, 15) is 13.2 Å². The van der Waals surface area contributed by atoms with Crippen LogP contribution in [0.3, 0.4) is 0 Å². The maximum Gasteiger partial charge on any atom is 0.417 e. The molecule has 0 aliphatic heterocycles. The Hall–Kier alpha value is -2.29. The van der Waals surface area contributed by atoms with Gasteiger partial charge in [-0.15, -0.1) is 0 Å². The Morgan fingerprint density at radius 1 is 1.24 bits per heavy atom. The van der Waals surface area contributed by atoms with Crippen LogP contribution in [0.5, 0.6) is 0 Å². The Morgan fingerprint density at radius 2 is 2.00 bits per heavy atom. The van der Waals surface area contributed by atoms with Crippen molar-refractivity contribution in [1.82, 2.24) is 9.97 Å². The minimum absolute atomic E-state index is 0.190. The third-order valence-corrected chi connectivity index (χ3v) is 3.40. The predicted octanol–water partition coefficient (Wildman–Crippen LogP) is 2.74. The standard InChI is InChI=1S/C12H9F3N4OS/c13-12(14,15)7-3-4-9(18-6-7)21-8-2-1-5-17-10(8)11(16)19-20/h1-6,20H,(H2,16,19). The van der Waals surface area contributed by atoms with Gasteiger partial charge in [-0.05, 0) is 24.3 Å². The Labute approximate surface area is 121 Å². The molecule has 0 aromatic carbocycles. The minimum atomic E-state index is -4.43. The molecule has 0 saturated heterocycles. The zero-order chi connectivity index (χ0) is 15.5. The van der Waals surface area contributed by atoms with Gasteiger partial charge in [-0.25, -0.2) is 4.98 Å². The lowest BCUT2D eigenvalue weighted by molar-refractivity contribution is -0.137. The van der Waals surface area contributed by atoms with Crippen LogP contribution in [0.1, 0.15) is 11.3 Å². The number of aromatic nitrogens is 2. The molecular formula is C12H9F3N4OS. The third-order valence-electron chi connectivity index (χ3n) is 2.40. The van der Waals surface area contributed by atoms with E-state index in [0.29, 0.717) is 9.92 Å². The Bertz CT molecular complexity index is 658. The number of rotatable bonds is 3. The van der Waals surface area contributed by atoms with E-state index in [1.165, 1.54) is 12.3 Å². The highest BCUT2D eigenvalue weighted by atomic mass is 32.2. The van der Waals surface area contributed by atoms with Crippen LogP contribution in [-0.2, 0) is 6.18 Å². The van der Waals surface area contributed by atoms with Gasteiger partial charge in [-0.3, -0.25) is 4.98 Å². The number of hydrogen-bond acceptors (Lipinski definition) is 5. The van der Waals surface area contributed by atoms with Crippen LogP contribution >= 0.6 is 11.8 Å². The van der Waals surface area contributed by atoms with E-state index in [1.54, 1.807) is 12.1 Å². The summed E-state index contributed by atoms with van der Waals surface area (Å²) in [7, 11) is 0. The summed E-state index contributed by atoms with van der Waals surface area (Å²) in [5, 5.41) is 11.9. The fourth-order valence-corrected chi connectivity index (χ4v) is 2.30. The number of pyridine rings is 2. The van der Waals surface area contributed by atoms with Crippen LogP contribution in [0.15, 0.2) is 51.7 Å². The van der Waals surface area contributed by atoms with E-state index in [4.69, 9.17) is 10.9 Å². The lowest BCUT2D eigenvalue weighted by atomic mass is 10.3. The Kier molecular flexibility index (Phi) is 4.32. The van der Waals surface area contributed by atoms with Crippen molar-refractivity contribution in [1.29, 1.82) is 0 Å². The zero-order valence-corrected chi connectivity index (χ0v) is 11.2. The van der Waals surface area contributed by atoms with Gasteiger partial charge in [0.05, 0.1) is 5.56 Å². The molecule has 0 aliphatic rings. The van der Waals surface area contributed by atoms with Gasteiger partial charge < -0.3 is 10.9 Å². The number of halogens is 3. The highest BCUT2D eigenvalue weighted by Gasteiger charge is 2.30. The van der Waals surface area contributed by atoms with E-state index < -0.39 is 11.7 Å². The molecule has 0 bridgehead atoms. The molecular weight excluding hydrogens is 305 g/mol. The van der Waals surface area contributed by atoms with Crippen molar-refractivity contribution in [3.63, 3.8) is 0 Å². The number of oxime groups is 1. The van der Waals surface area contributed by atoms with Crippen molar-refractivity contribution in [3.05, 3.63) is 47.9 Å². The summed E-state index contributed by atoms with van der Waals surface area (Å²) in [4.78, 5) is 8.21. The maximum atomic E-state index is 12.4. The average molecular weight is 314 g/mol. The fraction of sp³-hybridized carbons (Fsp3) is 0.0833. The number of nitrogens with two attached hydrogens (primary N) is 1. The van der Waals surface area contributed by atoms with Crippen LogP contribution in [0.4, 0.5) is 13.2 Å².